The van der Waals surface area contributed by atoms with E-state index >= 15 is 0 Å². The smallest absolute Gasteiger partial charge is 0.147 e. The molecule has 0 radical (unpaired) electrons. The van der Waals surface area contributed by atoms with E-state index in [2.05, 4.69) is 10.3 Å². The topological polar surface area (TPSA) is 102 Å². The molecule has 2 aromatic heterocycles. The first kappa shape index (κ1) is 16.9. The first-order chi connectivity index (χ1) is 13.1. The Bertz CT molecular complexity index is 1050. The molecule has 27 heavy (non-hydrogen) atoms. The lowest BCUT2D eigenvalue weighted by molar-refractivity contribution is 0.0292. The van der Waals surface area contributed by atoms with Crippen LogP contribution in [0.15, 0.2) is 77.5 Å². The number of aromatic hydroxyl groups is 1. The molecular weight excluding hydrogens is 346 g/mol. The molecule has 4 rings (SSSR count). The number of aromatic nitrogens is 1. The van der Waals surface area contributed by atoms with Crippen molar-refractivity contribution in [3.05, 3.63) is 84.4 Å². The molecule has 136 valence electrons. The van der Waals surface area contributed by atoms with E-state index in [0.717, 1.165) is 5.39 Å². The second-order valence-electron chi connectivity index (χ2n) is 6.01. The second-order valence-corrected chi connectivity index (χ2v) is 6.01. The Morgan fingerprint density at radius 2 is 1.78 bits per heavy atom. The van der Waals surface area contributed by atoms with Crippen molar-refractivity contribution in [2.24, 2.45) is 0 Å². The molecule has 7 nitrogen and oxygen atoms in total. The van der Waals surface area contributed by atoms with Gasteiger partial charge in [-0.1, -0.05) is 18.2 Å². The number of anilines is 2. The van der Waals surface area contributed by atoms with Crippen LogP contribution >= 0.6 is 0 Å². The molecule has 0 aliphatic carbocycles. The van der Waals surface area contributed by atoms with Crippen molar-refractivity contribution in [2.75, 3.05) is 10.5 Å². The molecule has 0 bridgehead atoms. The van der Waals surface area contributed by atoms with Gasteiger partial charge in [-0.15, -0.1) is 5.23 Å². The third-order valence-corrected chi connectivity index (χ3v) is 4.33. The summed E-state index contributed by atoms with van der Waals surface area (Å²) in [5.41, 5.74) is 2.07. The summed E-state index contributed by atoms with van der Waals surface area (Å²) in [5.74, 6) is 0.700. The van der Waals surface area contributed by atoms with E-state index in [4.69, 9.17) is 14.8 Å². The normalized spacial score (nSPS) is 12.1. The molecule has 2 aromatic carbocycles. The zero-order valence-corrected chi connectivity index (χ0v) is 14.1. The summed E-state index contributed by atoms with van der Waals surface area (Å²) in [7, 11) is 0. The van der Waals surface area contributed by atoms with Gasteiger partial charge in [-0.3, -0.25) is 15.4 Å². The first-order valence-corrected chi connectivity index (χ1v) is 8.28. The minimum atomic E-state index is -0.461. The number of furan rings is 1. The average Bonchev–Trinajstić information content (AvgIpc) is 3.22. The van der Waals surface area contributed by atoms with Gasteiger partial charge in [0.15, 0.2) is 0 Å². The zero-order valence-electron chi connectivity index (χ0n) is 14.1. The summed E-state index contributed by atoms with van der Waals surface area (Å²) in [6.45, 7) is 0. The largest absolute Gasteiger partial charge is 0.505 e. The fourth-order valence-electron chi connectivity index (χ4n) is 2.99. The van der Waals surface area contributed by atoms with Crippen molar-refractivity contribution in [3.8, 4) is 5.75 Å². The van der Waals surface area contributed by atoms with E-state index in [1.54, 1.807) is 42.8 Å². The predicted molar refractivity (Wildman–Crippen MR) is 100 cm³/mol. The number of phenolic OH excluding ortho intramolecular Hbond substituents is 1. The molecule has 0 saturated heterocycles. The van der Waals surface area contributed by atoms with Crippen LogP contribution in [0, 0.1) is 0 Å². The monoisotopic (exact) mass is 363 g/mol. The SMILES string of the molecule is Oc1c(C(Nc2ccc(N(O)O)cc2)c2ccco2)ccc2cccnc12. The van der Waals surface area contributed by atoms with Crippen molar-refractivity contribution in [1.82, 2.24) is 4.98 Å². The second kappa shape index (κ2) is 6.99. The molecule has 0 spiro atoms. The van der Waals surface area contributed by atoms with E-state index in [9.17, 15) is 5.11 Å². The van der Waals surface area contributed by atoms with Gasteiger partial charge in [-0.2, -0.15) is 0 Å². The van der Waals surface area contributed by atoms with Gasteiger partial charge >= 0.3 is 0 Å². The predicted octanol–water partition coefficient (Wildman–Crippen LogP) is 4.32. The maximum absolute atomic E-state index is 10.8. The lowest BCUT2D eigenvalue weighted by Gasteiger charge is -2.20. The molecule has 0 saturated carbocycles. The lowest BCUT2D eigenvalue weighted by Crippen LogP contribution is -2.13. The van der Waals surface area contributed by atoms with Crippen molar-refractivity contribution in [2.45, 2.75) is 6.04 Å². The number of hydrogen-bond acceptors (Lipinski definition) is 7. The lowest BCUT2D eigenvalue weighted by atomic mass is 10.0. The number of phenols is 1. The summed E-state index contributed by atoms with van der Waals surface area (Å²) in [5, 5.41) is 33.1. The van der Waals surface area contributed by atoms with E-state index in [-0.39, 0.29) is 16.7 Å². The van der Waals surface area contributed by atoms with Gasteiger partial charge in [-0.25, -0.2) is 0 Å². The van der Waals surface area contributed by atoms with Gasteiger partial charge in [0, 0.05) is 22.8 Å². The number of nitrogens with one attached hydrogen (secondary N) is 1. The number of nitrogens with zero attached hydrogens (tertiary/aromatic N) is 2. The van der Waals surface area contributed by atoms with E-state index in [0.29, 0.717) is 22.5 Å². The maximum atomic E-state index is 10.8. The number of pyridine rings is 1. The van der Waals surface area contributed by atoms with E-state index < -0.39 is 6.04 Å². The van der Waals surface area contributed by atoms with Crippen molar-refractivity contribution in [1.29, 1.82) is 0 Å². The maximum Gasteiger partial charge on any atom is 0.147 e. The van der Waals surface area contributed by atoms with Crippen molar-refractivity contribution >= 4 is 22.3 Å². The molecule has 1 unspecified atom stereocenters. The summed E-state index contributed by atoms with van der Waals surface area (Å²) in [6.07, 6.45) is 3.20. The summed E-state index contributed by atoms with van der Waals surface area (Å²) in [6, 6.07) is 17.0. The Hall–Kier alpha value is -3.55. The Labute approximate surface area is 154 Å². The Morgan fingerprint density at radius 3 is 2.48 bits per heavy atom. The number of fused-ring (bicyclic) bond motifs is 1. The van der Waals surface area contributed by atoms with Crippen LogP contribution in [-0.4, -0.2) is 20.5 Å². The van der Waals surface area contributed by atoms with Gasteiger partial charge in [0.2, 0.25) is 0 Å². The van der Waals surface area contributed by atoms with Gasteiger partial charge in [-0.05, 0) is 42.5 Å². The third-order valence-electron chi connectivity index (χ3n) is 4.33. The average molecular weight is 363 g/mol. The fraction of sp³-hybridized carbons (Fsp3) is 0.0500. The molecule has 4 N–H and O–H groups in total. The van der Waals surface area contributed by atoms with Crippen LogP contribution in [0.2, 0.25) is 0 Å². The number of rotatable bonds is 5. The first-order valence-electron chi connectivity index (χ1n) is 8.28. The number of benzene rings is 2. The van der Waals surface area contributed by atoms with E-state index in [1.807, 2.05) is 30.3 Å². The highest BCUT2D eigenvalue weighted by atomic mass is 16.8. The van der Waals surface area contributed by atoms with Gasteiger partial charge in [0.25, 0.3) is 0 Å². The summed E-state index contributed by atoms with van der Waals surface area (Å²) in [4.78, 5) is 4.27. The Morgan fingerprint density at radius 1 is 0.963 bits per heavy atom. The highest BCUT2D eigenvalue weighted by Crippen LogP contribution is 2.36. The minimum absolute atomic E-state index is 0.0502. The van der Waals surface area contributed by atoms with Crippen LogP contribution in [0.25, 0.3) is 10.9 Å². The van der Waals surface area contributed by atoms with Crippen LogP contribution in [-0.2, 0) is 0 Å². The molecule has 0 aliphatic heterocycles. The molecule has 4 aromatic rings. The highest BCUT2D eigenvalue weighted by molar-refractivity contribution is 5.85. The zero-order chi connectivity index (χ0) is 18.8. The van der Waals surface area contributed by atoms with Gasteiger partial charge in [0.05, 0.1) is 12.0 Å². The van der Waals surface area contributed by atoms with Crippen LogP contribution in [0.1, 0.15) is 17.4 Å². The molecule has 1 atom stereocenters. The summed E-state index contributed by atoms with van der Waals surface area (Å²) < 4.78 is 5.57. The van der Waals surface area contributed by atoms with Crippen LogP contribution in [0.5, 0.6) is 5.75 Å². The van der Waals surface area contributed by atoms with E-state index in [1.165, 1.54) is 0 Å². The van der Waals surface area contributed by atoms with Crippen LogP contribution < -0.4 is 10.5 Å². The Balaban J connectivity index is 1.75. The van der Waals surface area contributed by atoms with Crippen molar-refractivity contribution < 1.29 is 19.9 Å². The van der Waals surface area contributed by atoms with Gasteiger partial charge < -0.3 is 14.8 Å². The minimum Gasteiger partial charge on any atom is -0.505 e. The van der Waals surface area contributed by atoms with Gasteiger partial charge in [0.1, 0.15) is 23.1 Å². The van der Waals surface area contributed by atoms with Crippen LogP contribution in [0.3, 0.4) is 0 Å². The molecule has 0 aliphatic rings. The van der Waals surface area contributed by atoms with Crippen LogP contribution in [0.4, 0.5) is 11.4 Å². The summed E-state index contributed by atoms with van der Waals surface area (Å²) >= 11 is 0. The standard InChI is InChI=1S/C20H17N3O4/c24-20-16(10-5-13-3-1-11-21-18(13)20)19(17-4-2-12-27-17)22-14-6-8-15(9-7-14)23(25)26/h1-12,19,22,24-26H. The van der Waals surface area contributed by atoms with Crippen molar-refractivity contribution in [3.63, 3.8) is 0 Å². The number of hydrogen-bond donors (Lipinski definition) is 4. The quantitative estimate of drug-likeness (QED) is 0.392. The fourth-order valence-corrected chi connectivity index (χ4v) is 2.99. The highest BCUT2D eigenvalue weighted by Gasteiger charge is 2.22. The Kier molecular flexibility index (Phi) is 4.37. The molecule has 2 heterocycles. The molecule has 7 heteroatoms. The molecule has 0 fully saturated rings. The molecular formula is C20H17N3O4. The third kappa shape index (κ3) is 3.29. The molecule has 0 amide bonds.